The van der Waals surface area contributed by atoms with Crippen LogP contribution in [0.1, 0.15) is 15.9 Å². The van der Waals surface area contributed by atoms with Crippen LogP contribution in [0.25, 0.3) is 10.9 Å². The molecule has 0 atom stereocenters. The van der Waals surface area contributed by atoms with Crippen molar-refractivity contribution in [3.63, 3.8) is 0 Å². The molecule has 0 saturated heterocycles. The van der Waals surface area contributed by atoms with Gasteiger partial charge >= 0.3 is 0 Å². The Kier molecular flexibility index (Phi) is 3.03. The molecule has 1 aromatic heterocycles. The van der Waals surface area contributed by atoms with Crippen molar-refractivity contribution in [1.82, 2.24) is 4.98 Å². The van der Waals surface area contributed by atoms with Crippen molar-refractivity contribution in [3.8, 4) is 0 Å². The summed E-state index contributed by atoms with van der Waals surface area (Å²) in [7, 11) is 0. The van der Waals surface area contributed by atoms with Crippen LogP contribution in [0, 0.1) is 11.6 Å². The Bertz CT molecular complexity index is 826. The minimum Gasteiger partial charge on any atom is -0.360 e. The van der Waals surface area contributed by atoms with Crippen LogP contribution >= 0.6 is 11.6 Å². The quantitative estimate of drug-likeness (QED) is 0.700. The van der Waals surface area contributed by atoms with E-state index in [0.717, 1.165) is 6.07 Å². The van der Waals surface area contributed by atoms with Gasteiger partial charge in [0.1, 0.15) is 11.6 Å². The van der Waals surface area contributed by atoms with E-state index in [9.17, 15) is 13.6 Å². The van der Waals surface area contributed by atoms with Crippen LogP contribution in [-0.2, 0) is 0 Å². The van der Waals surface area contributed by atoms with E-state index in [4.69, 9.17) is 11.6 Å². The molecule has 20 heavy (non-hydrogen) atoms. The summed E-state index contributed by atoms with van der Waals surface area (Å²) in [5.41, 5.74) is 1.07. The third-order valence-electron chi connectivity index (χ3n) is 3.07. The number of nitrogens with one attached hydrogen (secondary N) is 1. The van der Waals surface area contributed by atoms with Gasteiger partial charge in [-0.05, 0) is 36.4 Å². The highest BCUT2D eigenvalue weighted by Crippen LogP contribution is 2.23. The van der Waals surface area contributed by atoms with E-state index in [1.807, 2.05) is 0 Å². The van der Waals surface area contributed by atoms with Gasteiger partial charge in [0, 0.05) is 28.2 Å². The summed E-state index contributed by atoms with van der Waals surface area (Å²) in [6, 6.07) is 7.96. The first-order valence-electron chi connectivity index (χ1n) is 5.82. The van der Waals surface area contributed by atoms with Gasteiger partial charge in [0.15, 0.2) is 5.78 Å². The van der Waals surface area contributed by atoms with Crippen LogP contribution in [0.2, 0.25) is 5.02 Å². The molecule has 0 unspecified atom stereocenters. The molecule has 1 heterocycles. The molecule has 2 aromatic carbocycles. The molecule has 0 spiro atoms. The summed E-state index contributed by atoms with van der Waals surface area (Å²) < 4.78 is 26.5. The predicted octanol–water partition coefficient (Wildman–Crippen LogP) is 4.33. The maximum atomic E-state index is 13.4. The number of carbonyl (C=O) groups excluding carboxylic acids is 1. The SMILES string of the molecule is O=C(c1ccc(Cl)c(F)c1)c1c[nH]c2cc(F)ccc12. The van der Waals surface area contributed by atoms with Crippen molar-refractivity contribution >= 4 is 28.3 Å². The highest BCUT2D eigenvalue weighted by molar-refractivity contribution is 6.31. The largest absolute Gasteiger partial charge is 0.360 e. The van der Waals surface area contributed by atoms with Crippen molar-refractivity contribution < 1.29 is 13.6 Å². The molecule has 5 heteroatoms. The van der Waals surface area contributed by atoms with Gasteiger partial charge in [0.05, 0.1) is 5.02 Å². The van der Waals surface area contributed by atoms with E-state index in [0.29, 0.717) is 16.5 Å². The molecule has 3 aromatic rings. The highest BCUT2D eigenvalue weighted by Gasteiger charge is 2.15. The van der Waals surface area contributed by atoms with Gasteiger partial charge < -0.3 is 4.98 Å². The number of carbonyl (C=O) groups is 1. The molecule has 2 nitrogen and oxygen atoms in total. The second-order valence-electron chi connectivity index (χ2n) is 4.35. The van der Waals surface area contributed by atoms with Gasteiger partial charge in [-0.25, -0.2) is 8.78 Å². The molecule has 0 amide bonds. The Labute approximate surface area is 118 Å². The summed E-state index contributed by atoms with van der Waals surface area (Å²) in [5.74, 6) is -1.39. The van der Waals surface area contributed by atoms with Crippen LogP contribution in [0.15, 0.2) is 42.6 Å². The first kappa shape index (κ1) is 12.8. The zero-order valence-corrected chi connectivity index (χ0v) is 10.8. The van der Waals surface area contributed by atoms with Gasteiger partial charge in [-0.2, -0.15) is 0 Å². The van der Waals surface area contributed by atoms with Crippen LogP contribution in [0.4, 0.5) is 8.78 Å². The van der Waals surface area contributed by atoms with Crippen molar-refractivity contribution in [1.29, 1.82) is 0 Å². The highest BCUT2D eigenvalue weighted by atomic mass is 35.5. The van der Waals surface area contributed by atoms with Crippen LogP contribution in [0.3, 0.4) is 0 Å². The third-order valence-corrected chi connectivity index (χ3v) is 3.38. The molecular formula is C15H8ClF2NO. The molecule has 0 aliphatic heterocycles. The summed E-state index contributed by atoms with van der Waals surface area (Å²) in [6.45, 7) is 0. The number of aromatic nitrogens is 1. The Morgan fingerprint density at radius 1 is 1.10 bits per heavy atom. The lowest BCUT2D eigenvalue weighted by Crippen LogP contribution is -2.01. The van der Waals surface area contributed by atoms with E-state index < -0.39 is 11.6 Å². The summed E-state index contributed by atoms with van der Waals surface area (Å²) in [5, 5.41) is 0.550. The molecule has 0 radical (unpaired) electrons. The maximum absolute atomic E-state index is 13.4. The number of halogens is 3. The maximum Gasteiger partial charge on any atom is 0.195 e. The van der Waals surface area contributed by atoms with Crippen molar-refractivity contribution in [2.24, 2.45) is 0 Å². The Morgan fingerprint density at radius 3 is 2.65 bits per heavy atom. The lowest BCUT2D eigenvalue weighted by atomic mass is 10.0. The number of aromatic amines is 1. The molecule has 0 fully saturated rings. The van der Waals surface area contributed by atoms with E-state index in [-0.39, 0.29) is 16.4 Å². The molecule has 0 bridgehead atoms. The third kappa shape index (κ3) is 2.08. The van der Waals surface area contributed by atoms with E-state index in [1.54, 1.807) is 0 Å². The summed E-state index contributed by atoms with van der Waals surface area (Å²) >= 11 is 5.59. The van der Waals surface area contributed by atoms with Gasteiger partial charge in [-0.3, -0.25) is 4.79 Å². The second-order valence-corrected chi connectivity index (χ2v) is 4.76. The normalized spacial score (nSPS) is 10.9. The zero-order valence-electron chi connectivity index (χ0n) is 10.1. The van der Waals surface area contributed by atoms with Gasteiger partial charge in [-0.15, -0.1) is 0 Å². The molecular weight excluding hydrogens is 284 g/mol. The fraction of sp³-hybridized carbons (Fsp3) is 0. The Balaban J connectivity index is 2.10. The number of hydrogen-bond donors (Lipinski definition) is 1. The molecule has 0 aliphatic rings. The molecule has 3 rings (SSSR count). The first-order chi connectivity index (χ1) is 9.56. The number of rotatable bonds is 2. The number of hydrogen-bond acceptors (Lipinski definition) is 1. The van der Waals surface area contributed by atoms with E-state index >= 15 is 0 Å². The lowest BCUT2D eigenvalue weighted by Gasteiger charge is -2.01. The van der Waals surface area contributed by atoms with E-state index in [2.05, 4.69) is 4.98 Å². The fourth-order valence-electron chi connectivity index (χ4n) is 2.08. The molecule has 100 valence electrons. The average molecular weight is 292 g/mol. The van der Waals surface area contributed by atoms with Gasteiger partial charge in [-0.1, -0.05) is 11.6 Å². The lowest BCUT2D eigenvalue weighted by molar-refractivity contribution is 0.104. The molecule has 0 aliphatic carbocycles. The average Bonchev–Trinajstić information content (AvgIpc) is 2.84. The Morgan fingerprint density at radius 2 is 1.90 bits per heavy atom. The summed E-state index contributed by atoms with van der Waals surface area (Å²) in [6.07, 6.45) is 1.49. The standard InChI is InChI=1S/C15H8ClF2NO/c16-12-4-1-8(5-13(12)18)15(20)11-7-19-14-6-9(17)2-3-10(11)14/h1-7,19H. The smallest absolute Gasteiger partial charge is 0.195 e. The first-order valence-corrected chi connectivity index (χ1v) is 6.20. The number of H-pyrrole nitrogens is 1. The monoisotopic (exact) mass is 291 g/mol. The van der Waals surface area contributed by atoms with Crippen molar-refractivity contribution in [2.45, 2.75) is 0 Å². The number of ketones is 1. The van der Waals surface area contributed by atoms with Crippen molar-refractivity contribution in [3.05, 3.63) is 70.4 Å². The predicted molar refractivity (Wildman–Crippen MR) is 73.1 cm³/mol. The minimum atomic E-state index is -0.650. The second kappa shape index (κ2) is 4.72. The number of fused-ring (bicyclic) bond motifs is 1. The van der Waals surface area contributed by atoms with Gasteiger partial charge in [0.25, 0.3) is 0 Å². The zero-order chi connectivity index (χ0) is 14.3. The van der Waals surface area contributed by atoms with Crippen LogP contribution in [0.5, 0.6) is 0 Å². The van der Waals surface area contributed by atoms with Gasteiger partial charge in [0.2, 0.25) is 0 Å². The minimum absolute atomic E-state index is 0.0393. The molecule has 1 N–H and O–H groups in total. The summed E-state index contributed by atoms with van der Waals surface area (Å²) in [4.78, 5) is 15.2. The van der Waals surface area contributed by atoms with Crippen LogP contribution in [-0.4, -0.2) is 10.8 Å². The van der Waals surface area contributed by atoms with E-state index in [1.165, 1.54) is 36.5 Å². The molecule has 0 saturated carbocycles. The Hall–Kier alpha value is -2.20. The van der Waals surface area contributed by atoms with Crippen molar-refractivity contribution in [2.75, 3.05) is 0 Å². The fourth-order valence-corrected chi connectivity index (χ4v) is 2.20. The topological polar surface area (TPSA) is 32.9 Å². The van der Waals surface area contributed by atoms with Crippen LogP contribution < -0.4 is 0 Å². The number of benzene rings is 2.